The Morgan fingerprint density at radius 2 is 1.92 bits per heavy atom. The highest BCUT2D eigenvalue weighted by Crippen LogP contribution is 2.37. The number of fused-ring (bicyclic) bond motifs is 1. The van der Waals surface area contributed by atoms with Crippen LogP contribution in [0.5, 0.6) is 11.5 Å². The van der Waals surface area contributed by atoms with Crippen LogP contribution >= 0.6 is 0 Å². The van der Waals surface area contributed by atoms with Crippen molar-refractivity contribution in [2.24, 2.45) is 0 Å². The van der Waals surface area contributed by atoms with Crippen molar-refractivity contribution in [2.75, 3.05) is 26.3 Å². The second-order valence-corrected chi connectivity index (χ2v) is 7.27. The number of hydrogen-bond donors (Lipinski definition) is 0. The Morgan fingerprint density at radius 3 is 2.80 bits per heavy atom. The van der Waals surface area contributed by atoms with Crippen LogP contribution in [0, 0.1) is 0 Å². The fourth-order valence-corrected chi connectivity index (χ4v) is 4.67. The summed E-state index contributed by atoms with van der Waals surface area (Å²) in [5.41, 5.74) is 1.20. The van der Waals surface area contributed by atoms with E-state index in [0.29, 0.717) is 37.6 Å². The lowest BCUT2D eigenvalue weighted by Crippen LogP contribution is -2.47. The fraction of sp³-hybridized carbons (Fsp3) is 0.650. The Kier molecular flexibility index (Phi) is 4.84. The van der Waals surface area contributed by atoms with Crippen molar-refractivity contribution in [3.05, 3.63) is 23.8 Å². The van der Waals surface area contributed by atoms with Gasteiger partial charge in [0.05, 0.1) is 0 Å². The number of nitrogens with zero attached hydrogens (tertiary/aromatic N) is 2. The largest absolute Gasteiger partial charge is 0.486 e. The molecule has 0 saturated carbocycles. The maximum Gasteiger partial charge on any atom is 0.222 e. The first kappa shape index (κ1) is 16.7. The van der Waals surface area contributed by atoms with Crippen molar-refractivity contribution in [1.82, 2.24) is 9.80 Å². The molecule has 3 aliphatic rings. The summed E-state index contributed by atoms with van der Waals surface area (Å²) in [4.78, 5) is 17.0. The minimum atomic E-state index is 0.308. The summed E-state index contributed by atoms with van der Waals surface area (Å²) in [6.45, 7) is 6.12. The van der Waals surface area contributed by atoms with E-state index in [0.717, 1.165) is 44.0 Å². The summed E-state index contributed by atoms with van der Waals surface area (Å²) in [6.07, 6.45) is 5.28. The Bertz CT molecular complexity index is 633. The number of carbonyl (C=O) groups is 1. The predicted octanol–water partition coefficient (Wildman–Crippen LogP) is 2.82. The van der Waals surface area contributed by atoms with Gasteiger partial charge in [0.2, 0.25) is 5.91 Å². The van der Waals surface area contributed by atoms with Crippen LogP contribution in [0.25, 0.3) is 0 Å². The van der Waals surface area contributed by atoms with Crippen molar-refractivity contribution in [1.29, 1.82) is 0 Å². The summed E-state index contributed by atoms with van der Waals surface area (Å²) in [6, 6.07) is 7.03. The SMILES string of the molecule is CCC(=O)N1CCC[C@H]1[C@H]1CCCN1Cc1cccc2c1OCCO2. The quantitative estimate of drug-likeness (QED) is 0.842. The van der Waals surface area contributed by atoms with Gasteiger partial charge in [-0.1, -0.05) is 19.1 Å². The summed E-state index contributed by atoms with van der Waals surface area (Å²) < 4.78 is 11.6. The van der Waals surface area contributed by atoms with Gasteiger partial charge >= 0.3 is 0 Å². The molecular weight excluding hydrogens is 316 g/mol. The van der Waals surface area contributed by atoms with E-state index in [1.807, 2.05) is 13.0 Å². The van der Waals surface area contributed by atoms with Crippen molar-refractivity contribution in [2.45, 2.75) is 57.7 Å². The van der Waals surface area contributed by atoms with Crippen LogP contribution in [-0.2, 0) is 11.3 Å². The van der Waals surface area contributed by atoms with Crippen molar-refractivity contribution >= 4 is 5.91 Å². The molecule has 0 radical (unpaired) electrons. The Hall–Kier alpha value is -1.75. The lowest BCUT2D eigenvalue weighted by Gasteiger charge is -2.35. The van der Waals surface area contributed by atoms with Gasteiger partial charge in [0.25, 0.3) is 0 Å². The smallest absolute Gasteiger partial charge is 0.222 e. The minimum Gasteiger partial charge on any atom is -0.486 e. The summed E-state index contributed by atoms with van der Waals surface area (Å²) in [5.74, 6) is 2.08. The first-order chi connectivity index (χ1) is 12.3. The van der Waals surface area contributed by atoms with E-state index in [9.17, 15) is 4.79 Å². The number of hydrogen-bond acceptors (Lipinski definition) is 4. The molecule has 3 aliphatic heterocycles. The number of carbonyl (C=O) groups excluding carboxylic acids is 1. The predicted molar refractivity (Wildman–Crippen MR) is 95.9 cm³/mol. The number of likely N-dealkylation sites (tertiary alicyclic amines) is 2. The highest BCUT2D eigenvalue weighted by molar-refractivity contribution is 5.76. The molecule has 5 heteroatoms. The lowest BCUT2D eigenvalue weighted by molar-refractivity contribution is -0.132. The molecule has 0 aromatic heterocycles. The molecule has 136 valence electrons. The molecule has 3 heterocycles. The molecule has 5 nitrogen and oxygen atoms in total. The van der Waals surface area contributed by atoms with Gasteiger partial charge < -0.3 is 14.4 Å². The van der Waals surface area contributed by atoms with Gasteiger partial charge in [-0.15, -0.1) is 0 Å². The second kappa shape index (κ2) is 7.24. The zero-order valence-corrected chi connectivity index (χ0v) is 15.1. The minimum absolute atomic E-state index is 0.308. The molecule has 4 rings (SSSR count). The fourth-order valence-electron chi connectivity index (χ4n) is 4.67. The van der Waals surface area contributed by atoms with Crippen molar-refractivity contribution in [3.63, 3.8) is 0 Å². The van der Waals surface area contributed by atoms with Gasteiger partial charge in [-0.3, -0.25) is 9.69 Å². The van der Waals surface area contributed by atoms with Crippen LogP contribution in [0.2, 0.25) is 0 Å². The van der Waals surface area contributed by atoms with Gasteiger partial charge in [0, 0.05) is 37.2 Å². The standard InChI is InChI=1S/C20H28N2O3/c1-2-19(23)22-11-5-8-17(22)16-7-4-10-21(16)14-15-6-3-9-18-20(15)25-13-12-24-18/h3,6,9,16-17H,2,4-5,7-8,10-14H2,1H3/t16-,17+/m1/s1. The van der Waals surface area contributed by atoms with Crippen LogP contribution in [0.4, 0.5) is 0 Å². The normalized spacial score (nSPS) is 26.2. The van der Waals surface area contributed by atoms with E-state index in [-0.39, 0.29) is 0 Å². The molecule has 2 fully saturated rings. The van der Waals surface area contributed by atoms with E-state index in [2.05, 4.69) is 21.9 Å². The van der Waals surface area contributed by atoms with E-state index >= 15 is 0 Å². The van der Waals surface area contributed by atoms with Crippen molar-refractivity contribution in [3.8, 4) is 11.5 Å². The molecule has 1 amide bonds. The van der Waals surface area contributed by atoms with E-state index in [1.54, 1.807) is 0 Å². The van der Waals surface area contributed by atoms with Gasteiger partial charge in [-0.2, -0.15) is 0 Å². The third kappa shape index (κ3) is 3.22. The third-order valence-corrected chi connectivity index (χ3v) is 5.80. The number of amides is 1. The van der Waals surface area contributed by atoms with Gasteiger partial charge in [0.15, 0.2) is 11.5 Å². The van der Waals surface area contributed by atoms with Crippen LogP contribution in [0.3, 0.4) is 0 Å². The Balaban J connectivity index is 1.52. The molecule has 25 heavy (non-hydrogen) atoms. The van der Waals surface area contributed by atoms with Gasteiger partial charge in [-0.05, 0) is 38.3 Å². The van der Waals surface area contributed by atoms with E-state index < -0.39 is 0 Å². The second-order valence-electron chi connectivity index (χ2n) is 7.27. The highest BCUT2D eigenvalue weighted by Gasteiger charge is 2.39. The molecule has 2 saturated heterocycles. The van der Waals surface area contributed by atoms with E-state index in [1.165, 1.54) is 18.4 Å². The summed E-state index contributed by atoms with van der Waals surface area (Å²) in [7, 11) is 0. The van der Waals surface area contributed by atoms with Crippen LogP contribution in [-0.4, -0.2) is 54.1 Å². The zero-order chi connectivity index (χ0) is 17.2. The summed E-state index contributed by atoms with van der Waals surface area (Å²) >= 11 is 0. The first-order valence-corrected chi connectivity index (χ1v) is 9.69. The molecule has 1 aromatic rings. The first-order valence-electron chi connectivity index (χ1n) is 9.69. The third-order valence-electron chi connectivity index (χ3n) is 5.80. The average molecular weight is 344 g/mol. The molecule has 2 atom stereocenters. The van der Waals surface area contributed by atoms with Gasteiger partial charge in [0.1, 0.15) is 13.2 Å². The number of rotatable bonds is 4. The van der Waals surface area contributed by atoms with Crippen LogP contribution in [0.15, 0.2) is 18.2 Å². The molecule has 0 spiro atoms. The van der Waals surface area contributed by atoms with Crippen LogP contribution in [0.1, 0.15) is 44.6 Å². The average Bonchev–Trinajstić information content (AvgIpc) is 3.30. The number of ether oxygens (including phenoxy) is 2. The molecule has 0 N–H and O–H groups in total. The molecule has 0 aliphatic carbocycles. The molecular formula is C20H28N2O3. The van der Waals surface area contributed by atoms with Crippen LogP contribution < -0.4 is 9.47 Å². The maximum atomic E-state index is 12.3. The lowest BCUT2D eigenvalue weighted by atomic mass is 10.0. The van der Waals surface area contributed by atoms with E-state index in [4.69, 9.17) is 9.47 Å². The number of para-hydroxylation sites is 1. The maximum absolute atomic E-state index is 12.3. The topological polar surface area (TPSA) is 42.0 Å². The van der Waals surface area contributed by atoms with Crippen molar-refractivity contribution < 1.29 is 14.3 Å². The monoisotopic (exact) mass is 344 g/mol. The number of benzene rings is 1. The summed E-state index contributed by atoms with van der Waals surface area (Å²) in [5, 5.41) is 0. The molecule has 1 aromatic carbocycles. The highest BCUT2D eigenvalue weighted by atomic mass is 16.6. The Morgan fingerprint density at radius 1 is 1.12 bits per heavy atom. The molecule has 0 unspecified atom stereocenters. The zero-order valence-electron chi connectivity index (χ0n) is 15.1. The molecule has 0 bridgehead atoms. The Labute approximate surface area is 149 Å². The van der Waals surface area contributed by atoms with Gasteiger partial charge in [-0.25, -0.2) is 0 Å².